The summed E-state index contributed by atoms with van der Waals surface area (Å²) in [6, 6.07) is 13.3. The third-order valence-electron chi connectivity index (χ3n) is 5.97. The topological polar surface area (TPSA) is 83.9 Å². The number of benzene rings is 2. The SMILES string of the molecule is Cc1ccc(S(=O)(=O)C(C)(Cc2ccc(OCCN3CCCCC3)cc2)C(=O)O)cc1. The first kappa shape index (κ1) is 23.3. The fourth-order valence-electron chi connectivity index (χ4n) is 3.83. The Bertz CT molecular complexity index is 980. The summed E-state index contributed by atoms with van der Waals surface area (Å²) in [5.74, 6) is -0.672. The van der Waals surface area contributed by atoms with Crippen molar-refractivity contribution in [3.8, 4) is 5.75 Å². The summed E-state index contributed by atoms with van der Waals surface area (Å²) in [5, 5.41) is 9.83. The predicted molar refractivity (Wildman–Crippen MR) is 120 cm³/mol. The quantitative estimate of drug-likeness (QED) is 0.633. The van der Waals surface area contributed by atoms with Gasteiger partial charge in [0.15, 0.2) is 14.6 Å². The Kier molecular flexibility index (Phi) is 7.38. The van der Waals surface area contributed by atoms with Crippen molar-refractivity contribution >= 4 is 15.8 Å². The van der Waals surface area contributed by atoms with Crippen LogP contribution in [0.3, 0.4) is 0 Å². The van der Waals surface area contributed by atoms with Crippen LogP contribution in [-0.4, -0.2) is 55.4 Å². The van der Waals surface area contributed by atoms with E-state index >= 15 is 0 Å². The van der Waals surface area contributed by atoms with Crippen molar-refractivity contribution in [1.82, 2.24) is 4.90 Å². The molecule has 1 fully saturated rings. The van der Waals surface area contributed by atoms with E-state index in [0.29, 0.717) is 17.9 Å². The van der Waals surface area contributed by atoms with E-state index in [2.05, 4.69) is 4.90 Å². The lowest BCUT2D eigenvalue weighted by Crippen LogP contribution is -2.45. The highest BCUT2D eigenvalue weighted by atomic mass is 32.2. The molecule has 3 rings (SSSR count). The Morgan fingerprint density at radius 3 is 2.23 bits per heavy atom. The number of hydrogen-bond donors (Lipinski definition) is 1. The third kappa shape index (κ3) is 5.46. The van der Waals surface area contributed by atoms with Gasteiger partial charge in [0.25, 0.3) is 0 Å². The molecular weight excluding hydrogens is 414 g/mol. The second-order valence-corrected chi connectivity index (χ2v) is 10.8. The van der Waals surface area contributed by atoms with E-state index < -0.39 is 20.6 Å². The molecule has 1 heterocycles. The molecule has 0 bridgehead atoms. The van der Waals surface area contributed by atoms with Gasteiger partial charge in [-0.05, 0) is 69.6 Å². The summed E-state index contributed by atoms with van der Waals surface area (Å²) in [7, 11) is -4.09. The van der Waals surface area contributed by atoms with Gasteiger partial charge in [-0.3, -0.25) is 9.69 Å². The van der Waals surface area contributed by atoms with Crippen LogP contribution in [0.5, 0.6) is 5.75 Å². The molecule has 1 N–H and O–H groups in total. The first-order chi connectivity index (χ1) is 14.7. The van der Waals surface area contributed by atoms with Gasteiger partial charge in [0.2, 0.25) is 0 Å². The zero-order chi connectivity index (χ0) is 22.5. The van der Waals surface area contributed by atoms with E-state index in [1.807, 2.05) is 6.92 Å². The summed E-state index contributed by atoms with van der Waals surface area (Å²) in [5.41, 5.74) is 1.54. The number of aliphatic carboxylic acids is 1. The van der Waals surface area contributed by atoms with Crippen LogP contribution >= 0.6 is 0 Å². The maximum absolute atomic E-state index is 13.2. The van der Waals surface area contributed by atoms with Crippen molar-refractivity contribution in [3.05, 3.63) is 59.7 Å². The number of aryl methyl sites for hydroxylation is 1. The highest BCUT2D eigenvalue weighted by molar-refractivity contribution is 7.93. The molecule has 0 amide bonds. The highest BCUT2D eigenvalue weighted by Crippen LogP contribution is 2.30. The fourth-order valence-corrected chi connectivity index (χ4v) is 5.43. The zero-order valence-electron chi connectivity index (χ0n) is 18.2. The molecule has 1 unspecified atom stereocenters. The smallest absolute Gasteiger partial charge is 0.325 e. The standard InChI is InChI=1S/C24H31NO5S/c1-19-6-12-22(13-7-19)31(28,29)24(2,23(26)27)18-20-8-10-21(11-9-20)30-17-16-25-14-4-3-5-15-25/h6-13H,3-5,14-18H2,1-2H3,(H,26,27). The molecule has 1 saturated heterocycles. The van der Waals surface area contributed by atoms with Crippen LogP contribution in [0.4, 0.5) is 0 Å². The molecule has 31 heavy (non-hydrogen) atoms. The van der Waals surface area contributed by atoms with Crippen molar-refractivity contribution in [2.24, 2.45) is 0 Å². The number of sulfone groups is 1. The van der Waals surface area contributed by atoms with Gasteiger partial charge in [-0.2, -0.15) is 0 Å². The van der Waals surface area contributed by atoms with Gasteiger partial charge in [-0.1, -0.05) is 36.2 Å². The van der Waals surface area contributed by atoms with Gasteiger partial charge in [-0.15, -0.1) is 0 Å². The van der Waals surface area contributed by atoms with E-state index in [1.54, 1.807) is 36.4 Å². The summed E-state index contributed by atoms with van der Waals surface area (Å²) in [6.07, 6.45) is 3.64. The van der Waals surface area contributed by atoms with Gasteiger partial charge in [0, 0.05) is 13.0 Å². The summed E-state index contributed by atoms with van der Waals surface area (Å²) >= 11 is 0. The highest BCUT2D eigenvalue weighted by Gasteiger charge is 2.47. The molecule has 0 saturated carbocycles. The van der Waals surface area contributed by atoms with Crippen LogP contribution in [0, 0.1) is 6.92 Å². The number of rotatable bonds is 9. The Labute approximate surface area is 184 Å². The van der Waals surface area contributed by atoms with Crippen LogP contribution in [-0.2, 0) is 21.1 Å². The number of likely N-dealkylation sites (tertiary alicyclic amines) is 1. The van der Waals surface area contributed by atoms with Crippen molar-refractivity contribution in [2.75, 3.05) is 26.2 Å². The van der Waals surface area contributed by atoms with Crippen molar-refractivity contribution in [1.29, 1.82) is 0 Å². The third-order valence-corrected chi connectivity index (χ3v) is 8.36. The summed E-state index contributed by atoms with van der Waals surface area (Å²) in [6.45, 7) is 6.83. The van der Waals surface area contributed by atoms with Crippen LogP contribution in [0.2, 0.25) is 0 Å². The normalized spacial score (nSPS) is 17.1. The Morgan fingerprint density at radius 2 is 1.65 bits per heavy atom. The van der Waals surface area contributed by atoms with E-state index in [-0.39, 0.29) is 11.3 Å². The van der Waals surface area contributed by atoms with E-state index in [1.165, 1.54) is 38.3 Å². The van der Waals surface area contributed by atoms with Crippen LogP contribution < -0.4 is 4.74 Å². The molecule has 0 radical (unpaired) electrons. The van der Waals surface area contributed by atoms with Crippen LogP contribution in [0.1, 0.15) is 37.3 Å². The Morgan fingerprint density at radius 1 is 1.03 bits per heavy atom. The van der Waals surface area contributed by atoms with E-state index in [0.717, 1.165) is 25.2 Å². The lowest BCUT2D eigenvalue weighted by molar-refractivity contribution is -0.139. The second-order valence-electron chi connectivity index (χ2n) is 8.42. The number of piperidine rings is 1. The molecule has 2 aromatic rings. The maximum atomic E-state index is 13.2. The molecule has 6 nitrogen and oxygen atoms in total. The zero-order valence-corrected chi connectivity index (χ0v) is 19.0. The predicted octanol–water partition coefficient (Wildman–Crippen LogP) is 3.72. The molecule has 0 spiro atoms. The lowest BCUT2D eigenvalue weighted by Gasteiger charge is -2.26. The second kappa shape index (κ2) is 9.83. The molecule has 1 aliphatic rings. The first-order valence-corrected chi connectivity index (χ1v) is 12.2. The molecule has 0 aliphatic carbocycles. The minimum atomic E-state index is -4.09. The molecule has 1 aliphatic heterocycles. The molecule has 7 heteroatoms. The first-order valence-electron chi connectivity index (χ1n) is 10.7. The summed E-state index contributed by atoms with van der Waals surface area (Å²) in [4.78, 5) is 14.5. The number of carboxylic acids is 1. The van der Waals surface area contributed by atoms with Crippen LogP contribution in [0.25, 0.3) is 0 Å². The van der Waals surface area contributed by atoms with Crippen molar-refractivity contribution < 1.29 is 23.1 Å². The minimum absolute atomic E-state index is 0.0145. The Hall–Kier alpha value is -2.38. The van der Waals surface area contributed by atoms with Crippen molar-refractivity contribution in [3.63, 3.8) is 0 Å². The fraction of sp³-hybridized carbons (Fsp3) is 0.458. The largest absolute Gasteiger partial charge is 0.492 e. The van der Waals surface area contributed by atoms with Gasteiger partial charge in [0.05, 0.1) is 4.90 Å². The van der Waals surface area contributed by atoms with Gasteiger partial charge >= 0.3 is 5.97 Å². The molecular formula is C24H31NO5S. The lowest BCUT2D eigenvalue weighted by atomic mass is 10.0. The molecule has 1 atom stereocenters. The molecule has 168 valence electrons. The van der Waals surface area contributed by atoms with Crippen LogP contribution in [0.15, 0.2) is 53.4 Å². The number of hydrogen-bond acceptors (Lipinski definition) is 5. The van der Waals surface area contributed by atoms with E-state index in [4.69, 9.17) is 4.74 Å². The monoisotopic (exact) mass is 445 g/mol. The average Bonchev–Trinajstić information content (AvgIpc) is 2.76. The van der Waals surface area contributed by atoms with Gasteiger partial charge in [0.1, 0.15) is 12.4 Å². The summed E-state index contributed by atoms with van der Waals surface area (Å²) < 4.78 is 30.2. The van der Waals surface area contributed by atoms with Gasteiger partial charge < -0.3 is 9.84 Å². The van der Waals surface area contributed by atoms with Gasteiger partial charge in [-0.25, -0.2) is 8.42 Å². The van der Waals surface area contributed by atoms with E-state index in [9.17, 15) is 18.3 Å². The minimum Gasteiger partial charge on any atom is -0.492 e. The number of carboxylic acid groups (broad SMARTS) is 1. The maximum Gasteiger partial charge on any atom is 0.325 e. The number of nitrogens with zero attached hydrogens (tertiary/aromatic N) is 1. The Balaban J connectivity index is 1.68. The molecule has 2 aromatic carbocycles. The number of carbonyl (C=O) groups is 1. The van der Waals surface area contributed by atoms with Crippen molar-refractivity contribution in [2.45, 2.75) is 49.2 Å². The average molecular weight is 446 g/mol. The molecule has 0 aromatic heterocycles. The number of ether oxygens (including phenoxy) is 1.